The molecule has 0 amide bonds. The summed E-state index contributed by atoms with van der Waals surface area (Å²) in [7, 11) is 0. The summed E-state index contributed by atoms with van der Waals surface area (Å²) in [4.78, 5) is 0. The summed E-state index contributed by atoms with van der Waals surface area (Å²) >= 11 is 0. The highest BCUT2D eigenvalue weighted by molar-refractivity contribution is 6.08. The van der Waals surface area contributed by atoms with E-state index in [0.29, 0.717) is 0 Å². The Labute approximate surface area is 193 Å². The van der Waals surface area contributed by atoms with Crippen molar-refractivity contribution in [2.75, 3.05) is 0 Å². The van der Waals surface area contributed by atoms with Crippen LogP contribution in [0.1, 0.15) is 75.4 Å². The van der Waals surface area contributed by atoms with Gasteiger partial charge in [0.15, 0.2) is 0 Å². The Kier molecular flexibility index (Phi) is 3.20. The lowest BCUT2D eigenvalue weighted by atomic mass is 9.85. The highest BCUT2D eigenvalue weighted by Crippen LogP contribution is 2.70. The lowest BCUT2D eigenvalue weighted by molar-refractivity contribution is 0.245. The summed E-state index contributed by atoms with van der Waals surface area (Å²) in [5.41, 5.74) is 12.4. The zero-order valence-electron chi connectivity index (χ0n) is 18.9. The monoisotopic (exact) mass is 428 g/mol. The predicted octanol–water partition coefficient (Wildman–Crippen LogP) is 8.08. The fraction of sp³-hybridized carbons (Fsp3) is 0.226. The molecule has 0 N–H and O–H groups in total. The van der Waals surface area contributed by atoms with E-state index in [1.54, 1.807) is 0 Å². The molecule has 0 bridgehead atoms. The van der Waals surface area contributed by atoms with Gasteiger partial charge in [-0.2, -0.15) is 0 Å². The molecule has 2 heteroatoms. The number of ether oxygens (including phenoxy) is 1. The van der Waals surface area contributed by atoms with Crippen LogP contribution in [0.5, 0.6) is 5.75 Å². The Morgan fingerprint density at radius 2 is 1.45 bits per heavy atom. The van der Waals surface area contributed by atoms with E-state index in [-0.39, 0.29) is 11.5 Å². The van der Waals surface area contributed by atoms with Crippen molar-refractivity contribution in [3.63, 3.8) is 0 Å². The highest BCUT2D eigenvalue weighted by Gasteiger charge is 2.68. The van der Waals surface area contributed by atoms with Gasteiger partial charge in [0.1, 0.15) is 22.7 Å². The smallest absolute Gasteiger partial charge is 0.146 e. The second kappa shape index (κ2) is 5.88. The number of hydrogen-bond acceptors (Lipinski definition) is 2. The third-order valence-electron chi connectivity index (χ3n) is 8.13. The molecule has 0 radical (unpaired) electrons. The van der Waals surface area contributed by atoms with Gasteiger partial charge in [0, 0.05) is 28.5 Å². The molecule has 4 aliphatic carbocycles. The van der Waals surface area contributed by atoms with E-state index in [1.807, 2.05) is 0 Å². The van der Waals surface area contributed by atoms with Crippen LogP contribution in [0.25, 0.3) is 46.9 Å². The van der Waals surface area contributed by atoms with Crippen LogP contribution in [0.15, 0.2) is 40.9 Å². The first kappa shape index (κ1) is 18.0. The third-order valence-corrected chi connectivity index (χ3v) is 8.13. The van der Waals surface area contributed by atoms with Gasteiger partial charge in [0.25, 0.3) is 0 Å². The van der Waals surface area contributed by atoms with Crippen LogP contribution in [-0.4, -0.2) is 5.60 Å². The average molecular weight is 429 g/mol. The summed E-state index contributed by atoms with van der Waals surface area (Å²) in [5.74, 6) is 2.43. The lowest BCUT2D eigenvalue weighted by Gasteiger charge is -2.17. The topological polar surface area (TPSA) is 22.4 Å². The molecule has 2 atom stereocenters. The van der Waals surface area contributed by atoms with Crippen LogP contribution in [0.2, 0.25) is 0 Å². The minimum atomic E-state index is -0.254. The Bertz CT molecular complexity index is 1580. The third kappa shape index (κ3) is 2.15. The molecule has 1 aliphatic heterocycles. The van der Waals surface area contributed by atoms with E-state index in [4.69, 9.17) is 9.15 Å². The molecule has 160 valence electrons. The van der Waals surface area contributed by atoms with Crippen molar-refractivity contribution in [2.24, 2.45) is 0 Å². The van der Waals surface area contributed by atoms with Crippen molar-refractivity contribution >= 4 is 46.9 Å². The number of rotatable bonds is 0. The van der Waals surface area contributed by atoms with E-state index < -0.39 is 0 Å². The quantitative estimate of drug-likeness (QED) is 0.361. The van der Waals surface area contributed by atoms with E-state index in [9.17, 15) is 0 Å². The van der Waals surface area contributed by atoms with Crippen LogP contribution < -0.4 is 4.74 Å². The number of furan rings is 1. The summed E-state index contributed by atoms with van der Waals surface area (Å²) in [6.45, 7) is 4.38. The van der Waals surface area contributed by atoms with Crippen LogP contribution in [-0.2, 0) is 0 Å². The Balaban J connectivity index is 1.45. The Morgan fingerprint density at radius 1 is 0.788 bits per heavy atom. The molecule has 0 saturated heterocycles. The first-order valence-electron chi connectivity index (χ1n) is 12.0. The number of fused-ring (bicyclic) bond motifs is 10. The molecule has 5 aliphatic rings. The fourth-order valence-corrected chi connectivity index (χ4v) is 6.52. The van der Waals surface area contributed by atoms with Gasteiger partial charge >= 0.3 is 0 Å². The van der Waals surface area contributed by atoms with Crippen molar-refractivity contribution in [3.05, 3.63) is 86.7 Å². The standard InChI is InChI=1S/C31H24O2/c1-17-13-26-28(21-11-7-3-5-9-19(17)21)23-15-24-29-22-12-8-4-6-10-20(22)18(2)14-27(29)33-31(24)16-25(31)30(23)32-26/h5-15,25H,3-4,16H2,1-2H3. The molecule has 8 rings (SSSR count). The van der Waals surface area contributed by atoms with Crippen LogP contribution in [0, 0.1) is 13.8 Å². The Morgan fingerprint density at radius 3 is 2.24 bits per heavy atom. The van der Waals surface area contributed by atoms with Crippen molar-refractivity contribution in [2.45, 2.75) is 44.6 Å². The number of aryl methyl sites for hydroxylation is 2. The van der Waals surface area contributed by atoms with E-state index in [1.165, 1.54) is 55.5 Å². The number of hydrogen-bond donors (Lipinski definition) is 0. The normalized spacial score (nSPS) is 24.7. The van der Waals surface area contributed by atoms with Crippen molar-refractivity contribution in [1.29, 1.82) is 0 Å². The molecule has 1 spiro atoms. The Hall–Kier alpha value is -3.52. The second-order valence-corrected chi connectivity index (χ2v) is 10.1. The van der Waals surface area contributed by atoms with Crippen molar-refractivity contribution < 1.29 is 9.15 Å². The van der Waals surface area contributed by atoms with E-state index >= 15 is 0 Å². The molecule has 2 aromatic carbocycles. The van der Waals surface area contributed by atoms with Gasteiger partial charge in [-0.3, -0.25) is 0 Å². The summed E-state index contributed by atoms with van der Waals surface area (Å²) in [5, 5.41) is 1.25. The average Bonchev–Trinajstić information content (AvgIpc) is 3.46. The molecule has 2 heterocycles. The zero-order valence-corrected chi connectivity index (χ0v) is 18.9. The van der Waals surface area contributed by atoms with Crippen molar-refractivity contribution in [3.8, 4) is 5.75 Å². The number of allylic oxidation sites excluding steroid dienone is 4. The van der Waals surface area contributed by atoms with Gasteiger partial charge in [0.05, 0.1) is 5.92 Å². The molecule has 2 unspecified atom stereocenters. The first-order chi connectivity index (χ1) is 16.2. The molecule has 1 fully saturated rings. The maximum atomic E-state index is 6.76. The van der Waals surface area contributed by atoms with Crippen molar-refractivity contribution in [1.82, 2.24) is 0 Å². The van der Waals surface area contributed by atoms with Gasteiger partial charge in [-0.1, -0.05) is 48.6 Å². The van der Waals surface area contributed by atoms with Crippen LogP contribution in [0.4, 0.5) is 0 Å². The predicted molar refractivity (Wildman–Crippen MR) is 136 cm³/mol. The molecular weight excluding hydrogens is 404 g/mol. The first-order valence-corrected chi connectivity index (χ1v) is 12.0. The summed E-state index contributed by atoms with van der Waals surface area (Å²) < 4.78 is 13.3. The molecule has 3 aromatic rings. The van der Waals surface area contributed by atoms with Gasteiger partial charge in [-0.25, -0.2) is 0 Å². The summed E-state index contributed by atoms with van der Waals surface area (Å²) in [6, 6.07) is 4.46. The molecule has 33 heavy (non-hydrogen) atoms. The maximum Gasteiger partial charge on any atom is 0.146 e. The van der Waals surface area contributed by atoms with Crippen LogP contribution >= 0.6 is 0 Å². The second-order valence-electron chi connectivity index (χ2n) is 10.1. The van der Waals surface area contributed by atoms with Gasteiger partial charge in [-0.05, 0) is 78.3 Å². The van der Waals surface area contributed by atoms with Gasteiger partial charge in [-0.15, -0.1) is 0 Å². The minimum absolute atomic E-state index is 0.254. The van der Waals surface area contributed by atoms with Crippen LogP contribution in [0.3, 0.4) is 0 Å². The largest absolute Gasteiger partial charge is 0.481 e. The van der Waals surface area contributed by atoms with Gasteiger partial charge in [0.2, 0.25) is 0 Å². The molecule has 1 aromatic heterocycles. The molecular formula is C31H24O2. The SMILES string of the molecule is Cc1cc2c(c3c1C=CCC=C3)C1=Cc3c(oc4cc(C)c5c(c34)C=CCC=C5)C3CC13O2. The highest BCUT2D eigenvalue weighted by atomic mass is 16.5. The van der Waals surface area contributed by atoms with E-state index in [0.717, 1.165) is 36.4 Å². The molecule has 2 nitrogen and oxygen atoms in total. The minimum Gasteiger partial charge on any atom is -0.481 e. The zero-order chi connectivity index (χ0) is 21.9. The lowest BCUT2D eigenvalue weighted by Crippen LogP contribution is -2.18. The van der Waals surface area contributed by atoms with Gasteiger partial charge < -0.3 is 9.15 Å². The fourth-order valence-electron chi connectivity index (χ4n) is 6.52. The summed E-state index contributed by atoms with van der Waals surface area (Å²) in [6.07, 6.45) is 23.5. The molecule has 1 saturated carbocycles. The van der Waals surface area contributed by atoms with E-state index in [2.05, 4.69) is 80.7 Å². The maximum absolute atomic E-state index is 6.76. The number of benzene rings is 2.